The van der Waals surface area contributed by atoms with Gasteiger partial charge in [0.15, 0.2) is 5.92 Å². The van der Waals surface area contributed by atoms with Crippen LogP contribution in [0.3, 0.4) is 0 Å². The van der Waals surface area contributed by atoms with Crippen molar-refractivity contribution in [1.82, 2.24) is 9.55 Å². The number of aromatic nitrogens is 2. The average Bonchev–Trinajstić information content (AvgIpc) is 2.87. The Morgan fingerprint density at radius 1 is 1.25 bits per heavy atom. The van der Waals surface area contributed by atoms with Crippen LogP contribution >= 0.6 is 0 Å². The minimum atomic E-state index is -1.41. The van der Waals surface area contributed by atoms with Gasteiger partial charge in [0.1, 0.15) is 6.10 Å². The van der Waals surface area contributed by atoms with E-state index in [0.29, 0.717) is 12.2 Å². The molecule has 0 aliphatic heterocycles. The summed E-state index contributed by atoms with van der Waals surface area (Å²) in [5.74, 6) is -3.01. The molecule has 20 heavy (non-hydrogen) atoms. The minimum absolute atomic E-state index is 0.120. The van der Waals surface area contributed by atoms with Crippen LogP contribution in [0.1, 0.15) is 32.6 Å². The van der Waals surface area contributed by atoms with Crippen molar-refractivity contribution in [2.24, 2.45) is 5.92 Å². The second-order valence-corrected chi connectivity index (χ2v) is 4.03. The minimum Gasteiger partial charge on any atom is -0.465 e. The molecule has 0 aliphatic carbocycles. The van der Waals surface area contributed by atoms with Crippen LogP contribution in [0.5, 0.6) is 0 Å². The third-order valence-corrected chi connectivity index (χ3v) is 2.79. The van der Waals surface area contributed by atoms with E-state index < -0.39 is 24.0 Å². The first-order valence-corrected chi connectivity index (χ1v) is 6.58. The number of carbonyl (C=O) groups excluding carboxylic acids is 2. The molecule has 0 amide bonds. The Balaban J connectivity index is 3.03. The molecule has 1 aromatic rings. The third-order valence-electron chi connectivity index (χ3n) is 2.79. The van der Waals surface area contributed by atoms with Crippen molar-refractivity contribution in [3.63, 3.8) is 0 Å². The van der Waals surface area contributed by atoms with Gasteiger partial charge in [0, 0.05) is 6.54 Å². The molecule has 7 heteroatoms. The number of aliphatic hydroxyl groups is 1. The maximum atomic E-state index is 11.9. The first-order valence-electron chi connectivity index (χ1n) is 6.58. The van der Waals surface area contributed by atoms with Gasteiger partial charge < -0.3 is 19.1 Å². The number of carbonyl (C=O) groups is 2. The molecule has 1 heterocycles. The normalized spacial score (nSPS) is 12.2. The molecule has 0 aliphatic rings. The first kappa shape index (κ1) is 16.2. The fraction of sp³-hybridized carbons (Fsp3) is 0.615. The number of rotatable bonds is 7. The summed E-state index contributed by atoms with van der Waals surface area (Å²) in [5, 5.41) is 10.3. The van der Waals surface area contributed by atoms with Gasteiger partial charge in [-0.15, -0.1) is 0 Å². The second kappa shape index (κ2) is 7.64. The van der Waals surface area contributed by atoms with E-state index >= 15 is 0 Å². The predicted octanol–water partition coefficient (Wildman–Crippen LogP) is 0.679. The summed E-state index contributed by atoms with van der Waals surface area (Å²) in [6.07, 6.45) is 1.58. The standard InChI is InChI=1S/C13H20N2O5/c1-4-15-8-14-7-9(15)11(16)10(12(17)19-5-2)13(18)20-6-3/h7-8,10-11,16H,4-6H2,1-3H3. The summed E-state index contributed by atoms with van der Waals surface area (Å²) in [4.78, 5) is 27.7. The summed E-state index contributed by atoms with van der Waals surface area (Å²) in [7, 11) is 0. The van der Waals surface area contributed by atoms with Crippen LogP contribution < -0.4 is 0 Å². The maximum Gasteiger partial charge on any atom is 0.323 e. The molecule has 0 aromatic carbocycles. The smallest absolute Gasteiger partial charge is 0.323 e. The van der Waals surface area contributed by atoms with Gasteiger partial charge in [-0.3, -0.25) is 9.59 Å². The fourth-order valence-corrected chi connectivity index (χ4v) is 1.83. The van der Waals surface area contributed by atoms with E-state index in [9.17, 15) is 14.7 Å². The second-order valence-electron chi connectivity index (χ2n) is 4.03. The number of hydrogen-bond donors (Lipinski definition) is 1. The molecular formula is C13H20N2O5. The zero-order chi connectivity index (χ0) is 15.1. The SMILES string of the molecule is CCOC(=O)C(C(=O)OCC)C(O)c1cncn1CC. The quantitative estimate of drug-likeness (QED) is 0.585. The molecule has 0 saturated carbocycles. The van der Waals surface area contributed by atoms with Crippen LogP contribution in [0.25, 0.3) is 0 Å². The highest BCUT2D eigenvalue weighted by molar-refractivity contribution is 5.95. The van der Waals surface area contributed by atoms with Crippen LogP contribution in [0.15, 0.2) is 12.5 Å². The fourth-order valence-electron chi connectivity index (χ4n) is 1.83. The van der Waals surface area contributed by atoms with Crippen molar-refractivity contribution < 1.29 is 24.2 Å². The van der Waals surface area contributed by atoms with Crippen LogP contribution in [-0.2, 0) is 25.6 Å². The lowest BCUT2D eigenvalue weighted by Gasteiger charge is -2.20. The number of nitrogens with zero attached hydrogens (tertiary/aromatic N) is 2. The molecule has 1 unspecified atom stereocenters. The van der Waals surface area contributed by atoms with E-state index in [1.54, 1.807) is 18.4 Å². The topological polar surface area (TPSA) is 90.7 Å². The van der Waals surface area contributed by atoms with Gasteiger partial charge in [-0.25, -0.2) is 4.98 Å². The molecule has 0 saturated heterocycles. The number of aryl methyl sites for hydroxylation is 1. The van der Waals surface area contributed by atoms with Gasteiger partial charge in [-0.2, -0.15) is 0 Å². The summed E-state index contributed by atoms with van der Waals surface area (Å²) in [5.41, 5.74) is 0.374. The lowest BCUT2D eigenvalue weighted by Crippen LogP contribution is -2.34. The maximum absolute atomic E-state index is 11.9. The Hall–Kier alpha value is -1.89. The van der Waals surface area contributed by atoms with E-state index in [2.05, 4.69) is 4.98 Å². The van der Waals surface area contributed by atoms with Gasteiger partial charge >= 0.3 is 11.9 Å². The van der Waals surface area contributed by atoms with E-state index in [1.165, 1.54) is 12.5 Å². The lowest BCUT2D eigenvalue weighted by molar-refractivity contribution is -0.167. The zero-order valence-corrected chi connectivity index (χ0v) is 11.9. The van der Waals surface area contributed by atoms with Gasteiger partial charge in [0.25, 0.3) is 0 Å². The van der Waals surface area contributed by atoms with E-state index in [-0.39, 0.29) is 13.2 Å². The summed E-state index contributed by atoms with van der Waals surface area (Å²) >= 11 is 0. The molecule has 0 radical (unpaired) electrons. The van der Waals surface area contributed by atoms with Crippen molar-refractivity contribution in [1.29, 1.82) is 0 Å². The van der Waals surface area contributed by atoms with E-state index in [4.69, 9.17) is 9.47 Å². The summed E-state index contributed by atoms with van der Waals surface area (Å²) in [6, 6.07) is 0. The van der Waals surface area contributed by atoms with E-state index in [0.717, 1.165) is 0 Å². The van der Waals surface area contributed by atoms with Crippen LogP contribution in [0.4, 0.5) is 0 Å². The first-order chi connectivity index (χ1) is 9.56. The molecular weight excluding hydrogens is 264 g/mol. The van der Waals surface area contributed by atoms with Crippen LogP contribution in [0, 0.1) is 5.92 Å². The Kier molecular flexibility index (Phi) is 6.17. The van der Waals surface area contributed by atoms with Gasteiger partial charge in [0.2, 0.25) is 0 Å². The number of esters is 2. The lowest BCUT2D eigenvalue weighted by atomic mass is 10.00. The van der Waals surface area contributed by atoms with Crippen molar-refractivity contribution in [2.45, 2.75) is 33.4 Å². The number of hydrogen-bond acceptors (Lipinski definition) is 6. The van der Waals surface area contributed by atoms with Gasteiger partial charge in [0.05, 0.1) is 31.4 Å². The molecule has 0 spiro atoms. The van der Waals surface area contributed by atoms with Crippen molar-refractivity contribution >= 4 is 11.9 Å². The van der Waals surface area contributed by atoms with Crippen LogP contribution in [0.2, 0.25) is 0 Å². The predicted molar refractivity (Wildman–Crippen MR) is 69.6 cm³/mol. The van der Waals surface area contributed by atoms with Crippen LogP contribution in [-0.4, -0.2) is 39.8 Å². The Morgan fingerprint density at radius 3 is 2.25 bits per heavy atom. The Morgan fingerprint density at radius 2 is 1.80 bits per heavy atom. The van der Waals surface area contributed by atoms with Crippen molar-refractivity contribution in [3.05, 3.63) is 18.2 Å². The Bertz CT molecular complexity index is 439. The van der Waals surface area contributed by atoms with E-state index in [1.807, 2.05) is 6.92 Å². The molecule has 0 fully saturated rings. The average molecular weight is 284 g/mol. The number of aliphatic hydroxyl groups excluding tert-OH is 1. The highest BCUT2D eigenvalue weighted by Crippen LogP contribution is 2.24. The third kappa shape index (κ3) is 3.57. The zero-order valence-electron chi connectivity index (χ0n) is 11.9. The molecule has 1 N–H and O–H groups in total. The van der Waals surface area contributed by atoms with Crippen molar-refractivity contribution in [2.75, 3.05) is 13.2 Å². The van der Waals surface area contributed by atoms with Gasteiger partial charge in [-0.05, 0) is 20.8 Å². The molecule has 1 rings (SSSR count). The Labute approximate surface area is 117 Å². The molecule has 112 valence electrons. The number of ether oxygens (including phenoxy) is 2. The highest BCUT2D eigenvalue weighted by atomic mass is 16.6. The molecule has 7 nitrogen and oxygen atoms in total. The molecule has 1 atom stereocenters. The summed E-state index contributed by atoms with van der Waals surface area (Å²) < 4.78 is 11.3. The highest BCUT2D eigenvalue weighted by Gasteiger charge is 2.38. The largest absolute Gasteiger partial charge is 0.465 e. The number of imidazole rings is 1. The van der Waals surface area contributed by atoms with Crippen molar-refractivity contribution in [3.8, 4) is 0 Å². The summed E-state index contributed by atoms with van der Waals surface area (Å²) in [6.45, 7) is 5.92. The monoisotopic (exact) mass is 284 g/mol. The van der Waals surface area contributed by atoms with Gasteiger partial charge in [-0.1, -0.05) is 0 Å². The molecule has 1 aromatic heterocycles. The molecule has 0 bridgehead atoms.